The number of phosphoric acid groups is 1. The van der Waals surface area contributed by atoms with E-state index in [4.69, 9.17) is 24.3 Å². The van der Waals surface area contributed by atoms with Crippen molar-refractivity contribution in [3.63, 3.8) is 0 Å². The minimum absolute atomic E-state index is 0.0440. The summed E-state index contributed by atoms with van der Waals surface area (Å²) in [5.41, 5.74) is 5.39. The number of unbranched alkanes of at least 4 members (excludes halogenated alkanes) is 19. The maximum absolute atomic E-state index is 12.7. The highest BCUT2D eigenvalue weighted by atomic mass is 31.2. The normalized spacial score (nSPS) is 14.1. The van der Waals surface area contributed by atoms with Crippen molar-refractivity contribution in [3.8, 4) is 0 Å². The predicted octanol–water partition coefficient (Wildman–Crippen LogP) is 20.8. The van der Waals surface area contributed by atoms with Gasteiger partial charge in [0.25, 0.3) is 0 Å². The number of allylic oxidation sites excluding steroid dienone is 26. The molecule has 10 heteroatoms. The van der Waals surface area contributed by atoms with Crippen LogP contribution in [0.15, 0.2) is 158 Å². The van der Waals surface area contributed by atoms with E-state index in [9.17, 15) is 19.0 Å². The Kier molecular flexibility index (Phi) is 61.3. The number of rotatable bonds is 58. The molecule has 9 nitrogen and oxygen atoms in total. The summed E-state index contributed by atoms with van der Waals surface area (Å²) in [6.07, 6.45) is 94.6. The molecule has 0 fully saturated rings. The molecule has 0 aliphatic heterocycles. The molecule has 0 aliphatic carbocycles. The van der Waals surface area contributed by atoms with Gasteiger partial charge in [-0.3, -0.25) is 18.6 Å². The molecule has 0 aromatic heterocycles. The van der Waals surface area contributed by atoms with Gasteiger partial charge in [0.2, 0.25) is 0 Å². The molecular formula is C71H116NO8P. The fraction of sp³-hybridized carbons (Fsp3) is 0.606. The summed E-state index contributed by atoms with van der Waals surface area (Å²) >= 11 is 0. The molecule has 3 N–H and O–H groups in total. The topological polar surface area (TPSA) is 134 Å². The second kappa shape index (κ2) is 64.8. The highest BCUT2D eigenvalue weighted by Crippen LogP contribution is 2.43. The van der Waals surface area contributed by atoms with Gasteiger partial charge in [0.15, 0.2) is 6.10 Å². The van der Waals surface area contributed by atoms with Crippen molar-refractivity contribution in [1.82, 2.24) is 0 Å². The Morgan fingerprint density at radius 3 is 0.951 bits per heavy atom. The molecule has 458 valence electrons. The SMILES string of the molecule is CC/C=C\C/C=C\C/C=C\C/C=C\C/C=C\C/C=C\C/C=C\C/C=C\C/C=C\CCCCCCCCCCCCCCCC(=O)OC(COC(=O)CCCCCCCC/C=C\C/C=C\C/C=C\C/C=C\CC)COP(=O)(O)OCCN. The fourth-order valence-electron chi connectivity index (χ4n) is 8.27. The maximum Gasteiger partial charge on any atom is 0.472 e. The lowest BCUT2D eigenvalue weighted by molar-refractivity contribution is -0.161. The molecule has 0 spiro atoms. The second-order valence-electron chi connectivity index (χ2n) is 20.5. The summed E-state index contributed by atoms with van der Waals surface area (Å²) in [5.74, 6) is -0.852. The Morgan fingerprint density at radius 2 is 0.642 bits per heavy atom. The Bertz CT molecular complexity index is 1880. The van der Waals surface area contributed by atoms with E-state index in [1.807, 2.05) is 0 Å². The van der Waals surface area contributed by atoms with Crippen LogP contribution in [0.2, 0.25) is 0 Å². The van der Waals surface area contributed by atoms with E-state index >= 15 is 0 Å². The van der Waals surface area contributed by atoms with Crippen LogP contribution in [0.3, 0.4) is 0 Å². The van der Waals surface area contributed by atoms with Crippen molar-refractivity contribution >= 4 is 19.8 Å². The quantitative estimate of drug-likeness (QED) is 0.0264. The van der Waals surface area contributed by atoms with Crippen molar-refractivity contribution in [2.75, 3.05) is 26.4 Å². The zero-order chi connectivity index (χ0) is 58.7. The summed E-state index contributed by atoms with van der Waals surface area (Å²) in [6, 6.07) is 0. The van der Waals surface area contributed by atoms with E-state index in [0.29, 0.717) is 12.8 Å². The Balaban J connectivity index is 3.94. The van der Waals surface area contributed by atoms with Gasteiger partial charge in [0, 0.05) is 19.4 Å². The molecule has 0 saturated carbocycles. The molecule has 0 bridgehead atoms. The first kappa shape index (κ1) is 76.6. The van der Waals surface area contributed by atoms with Crippen LogP contribution in [-0.4, -0.2) is 49.3 Å². The second-order valence-corrected chi connectivity index (χ2v) is 22.0. The minimum Gasteiger partial charge on any atom is -0.462 e. The number of esters is 2. The van der Waals surface area contributed by atoms with Gasteiger partial charge in [-0.2, -0.15) is 0 Å². The van der Waals surface area contributed by atoms with Crippen molar-refractivity contribution in [2.24, 2.45) is 5.73 Å². The van der Waals surface area contributed by atoms with Crippen molar-refractivity contribution in [1.29, 1.82) is 0 Å². The fourth-order valence-corrected chi connectivity index (χ4v) is 9.03. The average molecular weight is 1140 g/mol. The number of hydrogen-bond acceptors (Lipinski definition) is 8. The van der Waals surface area contributed by atoms with E-state index in [1.165, 1.54) is 64.2 Å². The Morgan fingerprint density at radius 1 is 0.370 bits per heavy atom. The van der Waals surface area contributed by atoms with Crippen LogP contribution >= 0.6 is 7.82 Å². The summed E-state index contributed by atoms with van der Waals surface area (Å²) in [6.45, 7) is 3.49. The standard InChI is InChI=1S/C71H116NO8P/c1-3-5-7-9-11-13-15-17-19-21-23-24-25-26-27-28-29-30-31-32-33-34-35-36-37-38-39-40-41-42-43-44-46-48-50-52-54-56-58-60-62-64-71(74)80-69(68-79-81(75,76)78-66-65-72)67-77-70(73)63-61-59-57-55-53-51-49-47-45-22-20-18-16-14-12-10-8-6-4-2/h5-8,11-14,17-20,23-24,26-27,29-30,32-33,35-36,38-39,45,47,69H,3-4,9-10,15-16,21-22,25,28,31,34,37,40-44,46,48-68,72H2,1-2H3,(H,75,76)/b7-5-,8-6-,13-11-,14-12-,19-17-,20-18-,24-23-,27-26-,30-29-,33-32-,36-35-,39-38-,47-45-. The third kappa shape index (κ3) is 64.7. The summed E-state index contributed by atoms with van der Waals surface area (Å²) in [7, 11) is -4.40. The van der Waals surface area contributed by atoms with Crippen molar-refractivity contribution in [2.45, 2.75) is 251 Å². The Hall–Kier alpha value is -4.37. The average Bonchev–Trinajstić information content (AvgIpc) is 3.46. The van der Waals surface area contributed by atoms with Gasteiger partial charge in [0.05, 0.1) is 13.2 Å². The highest BCUT2D eigenvalue weighted by Gasteiger charge is 2.26. The number of phosphoric ester groups is 1. The van der Waals surface area contributed by atoms with Crippen LogP contribution in [0.25, 0.3) is 0 Å². The van der Waals surface area contributed by atoms with Crippen LogP contribution in [-0.2, 0) is 32.7 Å². The van der Waals surface area contributed by atoms with Crippen LogP contribution in [0, 0.1) is 0 Å². The molecule has 0 heterocycles. The molecule has 0 amide bonds. The summed E-state index contributed by atoms with van der Waals surface area (Å²) in [4.78, 5) is 35.2. The lowest BCUT2D eigenvalue weighted by Gasteiger charge is -2.19. The van der Waals surface area contributed by atoms with E-state index < -0.39 is 32.5 Å². The van der Waals surface area contributed by atoms with Gasteiger partial charge < -0.3 is 20.1 Å². The van der Waals surface area contributed by atoms with Crippen LogP contribution in [0.4, 0.5) is 0 Å². The molecule has 0 radical (unpaired) electrons. The lowest BCUT2D eigenvalue weighted by atomic mass is 10.0. The summed E-state index contributed by atoms with van der Waals surface area (Å²) < 4.78 is 33.1. The van der Waals surface area contributed by atoms with Gasteiger partial charge >= 0.3 is 19.8 Å². The van der Waals surface area contributed by atoms with Crippen molar-refractivity contribution < 1.29 is 37.6 Å². The third-order valence-corrected chi connectivity index (χ3v) is 13.9. The molecule has 0 aliphatic rings. The number of nitrogens with two attached hydrogens (primary N) is 1. The number of carbonyl (C=O) groups excluding carboxylic acids is 2. The van der Waals surface area contributed by atoms with E-state index in [0.717, 1.165) is 141 Å². The first-order chi connectivity index (χ1) is 39.8. The Labute approximate surface area is 496 Å². The molecule has 0 saturated heterocycles. The molecule has 81 heavy (non-hydrogen) atoms. The molecular weight excluding hydrogens is 1030 g/mol. The van der Waals surface area contributed by atoms with E-state index in [2.05, 4.69) is 172 Å². The predicted molar refractivity (Wildman–Crippen MR) is 348 cm³/mol. The van der Waals surface area contributed by atoms with Gasteiger partial charge in [-0.1, -0.05) is 268 Å². The zero-order valence-electron chi connectivity index (χ0n) is 51.2. The van der Waals surface area contributed by atoms with E-state index in [-0.39, 0.29) is 32.6 Å². The molecule has 2 unspecified atom stereocenters. The van der Waals surface area contributed by atoms with Crippen LogP contribution in [0.1, 0.15) is 245 Å². The van der Waals surface area contributed by atoms with Gasteiger partial charge in [-0.25, -0.2) is 4.57 Å². The number of hydrogen-bond donors (Lipinski definition) is 2. The monoisotopic (exact) mass is 1140 g/mol. The van der Waals surface area contributed by atoms with Gasteiger partial charge in [-0.15, -0.1) is 0 Å². The molecule has 0 rings (SSSR count). The smallest absolute Gasteiger partial charge is 0.462 e. The molecule has 0 aromatic carbocycles. The van der Waals surface area contributed by atoms with Crippen LogP contribution < -0.4 is 5.73 Å². The highest BCUT2D eigenvalue weighted by molar-refractivity contribution is 7.47. The van der Waals surface area contributed by atoms with Crippen LogP contribution in [0.5, 0.6) is 0 Å². The molecule has 0 aromatic rings. The number of carbonyl (C=O) groups is 2. The lowest BCUT2D eigenvalue weighted by Crippen LogP contribution is -2.29. The minimum atomic E-state index is -4.40. The molecule has 2 atom stereocenters. The maximum atomic E-state index is 12.7. The number of ether oxygens (including phenoxy) is 2. The first-order valence-corrected chi connectivity index (χ1v) is 33.5. The first-order valence-electron chi connectivity index (χ1n) is 32.0. The van der Waals surface area contributed by atoms with Gasteiger partial charge in [-0.05, 0) is 122 Å². The largest absolute Gasteiger partial charge is 0.472 e. The van der Waals surface area contributed by atoms with Crippen molar-refractivity contribution in [3.05, 3.63) is 158 Å². The van der Waals surface area contributed by atoms with Gasteiger partial charge in [0.1, 0.15) is 6.61 Å². The third-order valence-electron chi connectivity index (χ3n) is 12.9. The zero-order valence-corrected chi connectivity index (χ0v) is 52.1. The van der Waals surface area contributed by atoms with E-state index in [1.54, 1.807) is 0 Å². The summed E-state index contributed by atoms with van der Waals surface area (Å²) in [5, 5.41) is 0.